The predicted molar refractivity (Wildman–Crippen MR) is 83.4 cm³/mol. The minimum Gasteiger partial charge on any atom is -0.383 e. The highest BCUT2D eigenvalue weighted by molar-refractivity contribution is 7.99. The van der Waals surface area contributed by atoms with Crippen LogP contribution < -0.4 is 11.1 Å². The molecule has 1 aromatic heterocycles. The second-order valence-electron chi connectivity index (χ2n) is 5.03. The Hall–Kier alpha value is -0.780. The molecule has 2 atom stereocenters. The molecule has 1 aromatic rings. The molecule has 1 fully saturated rings. The summed E-state index contributed by atoms with van der Waals surface area (Å²) in [5.41, 5.74) is 7.20. The van der Waals surface area contributed by atoms with Gasteiger partial charge in [0.05, 0.1) is 6.04 Å². The van der Waals surface area contributed by atoms with Crippen molar-refractivity contribution in [2.45, 2.75) is 25.4 Å². The molecule has 1 aliphatic heterocycles. The van der Waals surface area contributed by atoms with Crippen molar-refractivity contribution >= 4 is 17.6 Å². The fourth-order valence-electron chi connectivity index (χ4n) is 2.50. The summed E-state index contributed by atoms with van der Waals surface area (Å²) in [4.78, 5) is 6.68. The van der Waals surface area contributed by atoms with Gasteiger partial charge in [0.1, 0.15) is 5.82 Å². The summed E-state index contributed by atoms with van der Waals surface area (Å²) in [7, 11) is 2.21. The maximum absolute atomic E-state index is 6.07. The van der Waals surface area contributed by atoms with E-state index in [4.69, 9.17) is 5.73 Å². The quantitative estimate of drug-likeness (QED) is 0.860. The Kier molecular flexibility index (Phi) is 5.48. The topological polar surface area (TPSA) is 54.2 Å². The Morgan fingerprint density at radius 1 is 1.63 bits per heavy atom. The van der Waals surface area contributed by atoms with Crippen LogP contribution in [0.2, 0.25) is 0 Å². The Labute approximate surface area is 120 Å². The van der Waals surface area contributed by atoms with E-state index >= 15 is 0 Å². The molecule has 0 bridgehead atoms. The molecule has 1 aliphatic rings. The minimum atomic E-state index is 0.270. The number of rotatable bonds is 5. The van der Waals surface area contributed by atoms with Crippen LogP contribution in [0.15, 0.2) is 18.3 Å². The van der Waals surface area contributed by atoms with Crippen molar-refractivity contribution in [1.82, 2.24) is 15.2 Å². The molecule has 0 aromatic carbocycles. The molecular formula is C14H24N4S. The number of likely N-dealkylation sites (N-methyl/N-ethyl adjacent to an activating group) is 1. The molecule has 4 nitrogen and oxygen atoms in total. The van der Waals surface area contributed by atoms with Gasteiger partial charge in [0, 0.05) is 35.9 Å². The first-order valence-corrected chi connectivity index (χ1v) is 8.11. The standard InChI is InChI=1S/C14H24N4S/c1-3-6-16-13(11-5-4-7-17-14(11)15)12-10-19-9-8-18(12)2/h4-5,7,12-13,16H,3,6,8-10H2,1-2H3,(H2,15,17). The summed E-state index contributed by atoms with van der Waals surface area (Å²) in [5.74, 6) is 3.02. The van der Waals surface area contributed by atoms with Gasteiger partial charge < -0.3 is 11.1 Å². The van der Waals surface area contributed by atoms with Gasteiger partial charge in [-0.3, -0.25) is 4.90 Å². The van der Waals surface area contributed by atoms with Crippen LogP contribution in [0.5, 0.6) is 0 Å². The van der Waals surface area contributed by atoms with Crippen molar-refractivity contribution < 1.29 is 0 Å². The molecule has 2 heterocycles. The van der Waals surface area contributed by atoms with Crippen molar-refractivity contribution in [2.24, 2.45) is 0 Å². The van der Waals surface area contributed by atoms with Crippen LogP contribution in [0.1, 0.15) is 24.9 Å². The molecule has 1 saturated heterocycles. The number of aromatic nitrogens is 1. The van der Waals surface area contributed by atoms with Gasteiger partial charge in [0.25, 0.3) is 0 Å². The first-order chi connectivity index (χ1) is 9.24. The van der Waals surface area contributed by atoms with Crippen LogP contribution in [0, 0.1) is 0 Å². The Morgan fingerprint density at radius 2 is 2.47 bits per heavy atom. The van der Waals surface area contributed by atoms with Crippen LogP contribution >= 0.6 is 11.8 Å². The van der Waals surface area contributed by atoms with E-state index in [9.17, 15) is 0 Å². The van der Waals surface area contributed by atoms with E-state index in [1.165, 1.54) is 5.75 Å². The first kappa shape index (κ1) is 14.6. The van der Waals surface area contributed by atoms with Gasteiger partial charge >= 0.3 is 0 Å². The van der Waals surface area contributed by atoms with Gasteiger partial charge in [-0.05, 0) is 26.1 Å². The van der Waals surface area contributed by atoms with E-state index in [0.29, 0.717) is 11.9 Å². The van der Waals surface area contributed by atoms with Crippen LogP contribution in [0.25, 0.3) is 0 Å². The van der Waals surface area contributed by atoms with E-state index in [1.807, 2.05) is 17.8 Å². The largest absolute Gasteiger partial charge is 0.383 e. The molecule has 0 saturated carbocycles. The van der Waals surface area contributed by atoms with Crippen molar-refractivity contribution in [3.05, 3.63) is 23.9 Å². The third kappa shape index (κ3) is 3.61. The van der Waals surface area contributed by atoms with E-state index in [1.54, 1.807) is 6.20 Å². The summed E-state index contributed by atoms with van der Waals surface area (Å²) in [6, 6.07) is 4.83. The zero-order valence-corrected chi connectivity index (χ0v) is 12.6. The number of nitrogens with two attached hydrogens (primary N) is 1. The maximum Gasteiger partial charge on any atom is 0.128 e. The van der Waals surface area contributed by atoms with Crippen LogP contribution in [0.3, 0.4) is 0 Å². The maximum atomic E-state index is 6.07. The van der Waals surface area contributed by atoms with E-state index in [0.717, 1.165) is 30.8 Å². The molecule has 0 amide bonds. The van der Waals surface area contributed by atoms with Crippen LogP contribution in [-0.4, -0.2) is 47.6 Å². The average molecular weight is 280 g/mol. The lowest BCUT2D eigenvalue weighted by Gasteiger charge is -2.38. The lowest BCUT2D eigenvalue weighted by molar-refractivity contribution is 0.216. The van der Waals surface area contributed by atoms with Crippen molar-refractivity contribution in [3.8, 4) is 0 Å². The molecule has 2 rings (SSSR count). The van der Waals surface area contributed by atoms with E-state index in [2.05, 4.69) is 35.2 Å². The molecule has 2 unspecified atom stereocenters. The highest BCUT2D eigenvalue weighted by atomic mass is 32.2. The van der Waals surface area contributed by atoms with E-state index < -0.39 is 0 Å². The highest BCUT2D eigenvalue weighted by Crippen LogP contribution is 2.29. The number of anilines is 1. The predicted octanol–water partition coefficient (Wildman–Crippen LogP) is 1.75. The molecule has 106 valence electrons. The molecule has 0 spiro atoms. The SMILES string of the molecule is CCCNC(c1cccnc1N)C1CSCCN1C. The van der Waals surface area contributed by atoms with E-state index in [-0.39, 0.29) is 6.04 Å². The van der Waals surface area contributed by atoms with Crippen molar-refractivity contribution in [2.75, 3.05) is 37.4 Å². The zero-order valence-electron chi connectivity index (χ0n) is 11.8. The normalized spacial score (nSPS) is 22.3. The minimum absolute atomic E-state index is 0.270. The van der Waals surface area contributed by atoms with Crippen LogP contribution in [0.4, 0.5) is 5.82 Å². The number of hydrogen-bond donors (Lipinski definition) is 2. The van der Waals surface area contributed by atoms with Crippen molar-refractivity contribution in [3.63, 3.8) is 0 Å². The van der Waals surface area contributed by atoms with Crippen LogP contribution in [-0.2, 0) is 0 Å². The van der Waals surface area contributed by atoms with Gasteiger partial charge in [-0.25, -0.2) is 4.98 Å². The molecular weight excluding hydrogens is 256 g/mol. The smallest absolute Gasteiger partial charge is 0.128 e. The summed E-state index contributed by atoms with van der Waals surface area (Å²) in [6.07, 6.45) is 2.88. The summed E-state index contributed by atoms with van der Waals surface area (Å²) < 4.78 is 0. The summed E-state index contributed by atoms with van der Waals surface area (Å²) in [5, 5.41) is 3.65. The molecule has 0 radical (unpaired) electrons. The Bertz CT molecular complexity index is 399. The van der Waals surface area contributed by atoms with Gasteiger partial charge in [-0.2, -0.15) is 11.8 Å². The average Bonchev–Trinajstić information content (AvgIpc) is 2.42. The molecule has 5 heteroatoms. The van der Waals surface area contributed by atoms with Crippen molar-refractivity contribution in [1.29, 1.82) is 0 Å². The Balaban J connectivity index is 2.22. The first-order valence-electron chi connectivity index (χ1n) is 6.95. The monoisotopic (exact) mass is 280 g/mol. The van der Waals surface area contributed by atoms with Gasteiger partial charge in [-0.15, -0.1) is 0 Å². The molecule has 3 N–H and O–H groups in total. The summed E-state index contributed by atoms with van der Waals surface area (Å²) in [6.45, 7) is 4.34. The zero-order chi connectivity index (χ0) is 13.7. The molecule has 0 aliphatic carbocycles. The highest BCUT2D eigenvalue weighted by Gasteiger charge is 2.30. The number of pyridine rings is 1. The third-order valence-corrected chi connectivity index (χ3v) is 4.70. The fourth-order valence-corrected chi connectivity index (χ4v) is 3.77. The number of nitrogens with one attached hydrogen (secondary N) is 1. The second kappa shape index (κ2) is 7.12. The number of thioether (sulfide) groups is 1. The third-order valence-electron chi connectivity index (χ3n) is 3.65. The van der Waals surface area contributed by atoms with Gasteiger partial charge in [-0.1, -0.05) is 13.0 Å². The van der Waals surface area contributed by atoms with Gasteiger partial charge in [0.15, 0.2) is 0 Å². The number of nitrogen functional groups attached to an aromatic ring is 1. The van der Waals surface area contributed by atoms with Gasteiger partial charge in [0.2, 0.25) is 0 Å². The lowest BCUT2D eigenvalue weighted by atomic mass is 9.99. The Morgan fingerprint density at radius 3 is 3.16 bits per heavy atom. The second-order valence-corrected chi connectivity index (χ2v) is 6.18. The number of hydrogen-bond acceptors (Lipinski definition) is 5. The fraction of sp³-hybridized carbons (Fsp3) is 0.643. The summed E-state index contributed by atoms with van der Waals surface area (Å²) >= 11 is 2.03. The lowest BCUT2D eigenvalue weighted by Crippen LogP contribution is -2.48. The molecule has 19 heavy (non-hydrogen) atoms. The number of nitrogens with zero attached hydrogens (tertiary/aromatic N) is 2.